The van der Waals surface area contributed by atoms with Gasteiger partial charge in [0, 0.05) is 28.5 Å². The molecule has 138 valence electrons. The molecule has 0 aliphatic carbocycles. The molecule has 0 saturated heterocycles. The summed E-state index contributed by atoms with van der Waals surface area (Å²) in [6.45, 7) is 0. The number of aromatic nitrogens is 3. The lowest BCUT2D eigenvalue weighted by molar-refractivity contribution is -0.113. The second-order valence-electron chi connectivity index (χ2n) is 6.21. The van der Waals surface area contributed by atoms with Crippen LogP contribution in [0.2, 0.25) is 5.02 Å². The number of carbonyl (C=O) groups excluding carboxylic acids is 1. The van der Waals surface area contributed by atoms with E-state index in [0.29, 0.717) is 16.5 Å². The first-order chi connectivity index (χ1) is 13.5. The molecule has 7 heteroatoms. The van der Waals surface area contributed by atoms with E-state index >= 15 is 0 Å². The van der Waals surface area contributed by atoms with Crippen LogP contribution in [-0.2, 0) is 4.79 Å². The van der Waals surface area contributed by atoms with Crippen molar-refractivity contribution in [2.75, 3.05) is 5.73 Å². The minimum absolute atomic E-state index is 0.401. The first-order valence-electron chi connectivity index (χ1n) is 8.48. The zero-order valence-electron chi connectivity index (χ0n) is 14.7. The molecule has 0 bridgehead atoms. The molecular weight excluding hydrogens is 374 g/mol. The Bertz CT molecular complexity index is 1210. The monoisotopic (exact) mass is 389 g/mol. The maximum Gasteiger partial charge on any atom is 0.241 e. The minimum Gasteiger partial charge on any atom is -0.383 e. The van der Waals surface area contributed by atoms with Crippen molar-refractivity contribution in [1.82, 2.24) is 14.5 Å². The number of hydrogen-bond donors (Lipinski definition) is 2. The summed E-state index contributed by atoms with van der Waals surface area (Å²) in [5.74, 6) is -0.0964. The van der Waals surface area contributed by atoms with Crippen LogP contribution in [0.4, 0.5) is 5.82 Å². The number of hydrogen-bond acceptors (Lipinski definition) is 4. The zero-order valence-corrected chi connectivity index (χ0v) is 15.5. The molecular formula is C21H16ClN5O. The molecule has 28 heavy (non-hydrogen) atoms. The van der Waals surface area contributed by atoms with Crippen molar-refractivity contribution in [2.45, 2.75) is 0 Å². The van der Waals surface area contributed by atoms with Gasteiger partial charge in [-0.2, -0.15) is 0 Å². The standard InChI is InChI=1S/C21H16ClN5O/c22-15-7-5-14(6-8-15)17-11-27(21-19(17)20(24)25-12-26-21)16-3-1-2-13(10-16)4-9-18(23)28/h1-12H,(H2,23,28)(H2,24,25,26)/b9-4+. The highest BCUT2D eigenvalue weighted by Crippen LogP contribution is 2.34. The van der Waals surface area contributed by atoms with Gasteiger partial charge in [0.25, 0.3) is 0 Å². The van der Waals surface area contributed by atoms with E-state index in [1.54, 1.807) is 6.08 Å². The molecule has 0 fully saturated rings. The van der Waals surface area contributed by atoms with Crippen LogP contribution in [0.15, 0.2) is 67.1 Å². The van der Waals surface area contributed by atoms with Gasteiger partial charge in [-0.15, -0.1) is 0 Å². The van der Waals surface area contributed by atoms with Gasteiger partial charge in [-0.3, -0.25) is 4.79 Å². The third-order valence-corrected chi connectivity index (χ3v) is 4.61. The molecule has 2 heterocycles. The number of nitrogens with two attached hydrogens (primary N) is 2. The van der Waals surface area contributed by atoms with Gasteiger partial charge >= 0.3 is 0 Å². The lowest BCUT2D eigenvalue weighted by Gasteiger charge is -2.06. The summed E-state index contributed by atoms with van der Waals surface area (Å²) in [7, 11) is 0. The molecule has 0 saturated carbocycles. The van der Waals surface area contributed by atoms with Gasteiger partial charge in [0.05, 0.1) is 5.39 Å². The summed E-state index contributed by atoms with van der Waals surface area (Å²) in [6.07, 6.45) is 6.40. The fourth-order valence-electron chi connectivity index (χ4n) is 3.09. The lowest BCUT2D eigenvalue weighted by Crippen LogP contribution is -2.05. The maximum atomic E-state index is 11.0. The number of fused-ring (bicyclic) bond motifs is 1. The Balaban J connectivity index is 1.92. The molecule has 2 aromatic heterocycles. The van der Waals surface area contributed by atoms with E-state index in [4.69, 9.17) is 23.1 Å². The molecule has 4 rings (SSSR count). The molecule has 4 aromatic rings. The van der Waals surface area contributed by atoms with E-state index in [1.807, 2.05) is 59.3 Å². The second-order valence-corrected chi connectivity index (χ2v) is 6.64. The van der Waals surface area contributed by atoms with Gasteiger partial charge in [-0.05, 0) is 41.5 Å². The first-order valence-corrected chi connectivity index (χ1v) is 8.86. The number of anilines is 1. The van der Waals surface area contributed by atoms with E-state index < -0.39 is 5.91 Å². The third-order valence-electron chi connectivity index (χ3n) is 4.36. The van der Waals surface area contributed by atoms with Crippen molar-refractivity contribution < 1.29 is 4.79 Å². The molecule has 6 nitrogen and oxygen atoms in total. The first kappa shape index (κ1) is 17.8. The van der Waals surface area contributed by atoms with Crippen LogP contribution in [0.5, 0.6) is 0 Å². The van der Waals surface area contributed by atoms with Crippen LogP contribution in [0.3, 0.4) is 0 Å². The van der Waals surface area contributed by atoms with Gasteiger partial charge in [-0.1, -0.05) is 35.9 Å². The van der Waals surface area contributed by atoms with E-state index in [0.717, 1.165) is 27.8 Å². The number of carbonyl (C=O) groups is 1. The van der Waals surface area contributed by atoms with Gasteiger partial charge in [0.1, 0.15) is 12.1 Å². The normalized spacial score (nSPS) is 11.3. The van der Waals surface area contributed by atoms with Crippen LogP contribution in [0.25, 0.3) is 33.9 Å². The summed E-state index contributed by atoms with van der Waals surface area (Å²) in [4.78, 5) is 19.6. The van der Waals surface area contributed by atoms with Crippen LogP contribution < -0.4 is 11.5 Å². The fourth-order valence-corrected chi connectivity index (χ4v) is 3.21. The van der Waals surface area contributed by atoms with Crippen LogP contribution in [-0.4, -0.2) is 20.4 Å². The average molecular weight is 390 g/mol. The fraction of sp³-hybridized carbons (Fsp3) is 0. The zero-order chi connectivity index (χ0) is 19.7. The van der Waals surface area contributed by atoms with Crippen molar-refractivity contribution in [3.05, 3.63) is 77.7 Å². The quantitative estimate of drug-likeness (QED) is 0.518. The number of primary amides is 1. The van der Waals surface area contributed by atoms with Crippen molar-refractivity contribution in [1.29, 1.82) is 0 Å². The molecule has 0 radical (unpaired) electrons. The second kappa shape index (κ2) is 7.17. The van der Waals surface area contributed by atoms with Gasteiger partial charge in [-0.25, -0.2) is 9.97 Å². The number of halogens is 1. The van der Waals surface area contributed by atoms with Gasteiger partial charge in [0.15, 0.2) is 5.65 Å². The molecule has 2 aromatic carbocycles. The Morgan fingerprint density at radius 3 is 2.64 bits per heavy atom. The van der Waals surface area contributed by atoms with E-state index in [1.165, 1.54) is 12.4 Å². The van der Waals surface area contributed by atoms with Crippen molar-refractivity contribution in [3.63, 3.8) is 0 Å². The summed E-state index contributed by atoms with van der Waals surface area (Å²) in [5, 5.41) is 1.42. The minimum atomic E-state index is -0.498. The predicted molar refractivity (Wildman–Crippen MR) is 112 cm³/mol. The highest BCUT2D eigenvalue weighted by atomic mass is 35.5. The molecule has 0 aliphatic heterocycles. The summed E-state index contributed by atoms with van der Waals surface area (Å²) >= 11 is 6.03. The van der Waals surface area contributed by atoms with E-state index in [-0.39, 0.29) is 0 Å². The number of nitrogen functional groups attached to an aromatic ring is 1. The van der Waals surface area contributed by atoms with E-state index in [9.17, 15) is 4.79 Å². The Morgan fingerprint density at radius 2 is 1.89 bits per heavy atom. The Labute approximate surface area is 166 Å². The molecule has 0 unspecified atom stereocenters. The average Bonchev–Trinajstić information content (AvgIpc) is 3.08. The van der Waals surface area contributed by atoms with Gasteiger partial charge in [0.2, 0.25) is 5.91 Å². The summed E-state index contributed by atoms with van der Waals surface area (Å²) in [5.41, 5.74) is 15.6. The molecule has 4 N–H and O–H groups in total. The maximum absolute atomic E-state index is 11.0. The third kappa shape index (κ3) is 3.33. The summed E-state index contributed by atoms with van der Waals surface area (Å²) < 4.78 is 1.94. The highest BCUT2D eigenvalue weighted by Gasteiger charge is 2.16. The Kier molecular flexibility index (Phi) is 4.55. The molecule has 0 atom stereocenters. The number of benzene rings is 2. The topological polar surface area (TPSA) is 99.8 Å². The number of amides is 1. The Morgan fingerprint density at radius 1 is 1.11 bits per heavy atom. The summed E-state index contributed by atoms with van der Waals surface area (Å²) in [6, 6.07) is 15.2. The van der Waals surface area contributed by atoms with Crippen LogP contribution in [0.1, 0.15) is 5.56 Å². The Hall–Kier alpha value is -3.64. The SMILES string of the molecule is NC(=O)/C=C/c1cccc(-n2cc(-c3ccc(Cl)cc3)c3c(N)ncnc32)c1. The van der Waals surface area contributed by atoms with E-state index in [2.05, 4.69) is 9.97 Å². The van der Waals surface area contributed by atoms with Crippen molar-refractivity contribution in [3.8, 4) is 16.8 Å². The van der Waals surface area contributed by atoms with Crippen LogP contribution >= 0.6 is 11.6 Å². The molecule has 0 aliphatic rings. The number of rotatable bonds is 4. The highest BCUT2D eigenvalue weighted by molar-refractivity contribution is 6.30. The smallest absolute Gasteiger partial charge is 0.241 e. The van der Waals surface area contributed by atoms with Gasteiger partial charge < -0.3 is 16.0 Å². The van der Waals surface area contributed by atoms with Crippen molar-refractivity contribution in [2.24, 2.45) is 5.73 Å². The number of nitrogens with zero attached hydrogens (tertiary/aromatic N) is 3. The van der Waals surface area contributed by atoms with Crippen LogP contribution in [0, 0.1) is 0 Å². The lowest BCUT2D eigenvalue weighted by atomic mass is 10.1. The van der Waals surface area contributed by atoms with Crippen molar-refractivity contribution >= 4 is 40.4 Å². The predicted octanol–water partition coefficient (Wildman–Crippen LogP) is 3.82. The molecule has 1 amide bonds. The molecule has 0 spiro atoms. The largest absolute Gasteiger partial charge is 0.383 e.